The van der Waals surface area contributed by atoms with Gasteiger partial charge in [-0.15, -0.1) is 0 Å². The molecule has 6 nitrogen and oxygen atoms in total. The van der Waals surface area contributed by atoms with Gasteiger partial charge in [-0.05, 0) is 12.1 Å². The summed E-state index contributed by atoms with van der Waals surface area (Å²) in [4.78, 5) is 18.9. The summed E-state index contributed by atoms with van der Waals surface area (Å²) in [6.07, 6.45) is 0.706. The monoisotopic (exact) mass is 262 g/mol. The first-order valence-corrected chi connectivity index (χ1v) is 5.84. The SMILES string of the molecule is COCCCOc1nc(C(=O)O)nc2ccccc12. The molecular weight excluding hydrogens is 248 g/mol. The molecule has 1 heterocycles. The smallest absolute Gasteiger partial charge is 0.374 e. The van der Waals surface area contributed by atoms with Gasteiger partial charge >= 0.3 is 5.97 Å². The van der Waals surface area contributed by atoms with Crippen molar-refractivity contribution in [2.75, 3.05) is 20.3 Å². The number of fused-ring (bicyclic) bond motifs is 1. The molecule has 1 aromatic carbocycles. The van der Waals surface area contributed by atoms with Crippen molar-refractivity contribution in [2.24, 2.45) is 0 Å². The summed E-state index contributed by atoms with van der Waals surface area (Å²) >= 11 is 0. The molecule has 1 aromatic heterocycles. The third-order valence-corrected chi connectivity index (χ3v) is 2.49. The van der Waals surface area contributed by atoms with E-state index in [1.165, 1.54) is 0 Å². The molecule has 0 saturated carbocycles. The van der Waals surface area contributed by atoms with Crippen LogP contribution in [0.5, 0.6) is 5.88 Å². The van der Waals surface area contributed by atoms with Gasteiger partial charge in [-0.2, -0.15) is 4.98 Å². The van der Waals surface area contributed by atoms with E-state index in [0.717, 1.165) is 0 Å². The largest absolute Gasteiger partial charge is 0.477 e. The van der Waals surface area contributed by atoms with Crippen LogP contribution in [0.4, 0.5) is 0 Å². The quantitative estimate of drug-likeness (QED) is 0.798. The standard InChI is InChI=1S/C13H14N2O4/c1-18-7-4-8-19-12-9-5-2-3-6-10(9)14-11(15-12)13(16)17/h2-3,5-6H,4,7-8H2,1H3,(H,16,17). The Morgan fingerprint density at radius 3 is 2.79 bits per heavy atom. The van der Waals surface area contributed by atoms with Crippen molar-refractivity contribution < 1.29 is 19.4 Å². The molecule has 0 amide bonds. The van der Waals surface area contributed by atoms with Crippen LogP contribution in [-0.4, -0.2) is 41.4 Å². The van der Waals surface area contributed by atoms with Crippen molar-refractivity contribution in [3.8, 4) is 5.88 Å². The number of carboxylic acids is 1. The Morgan fingerprint density at radius 2 is 2.05 bits per heavy atom. The number of hydrogen-bond donors (Lipinski definition) is 1. The van der Waals surface area contributed by atoms with Gasteiger partial charge in [0.05, 0.1) is 17.5 Å². The van der Waals surface area contributed by atoms with E-state index in [2.05, 4.69) is 9.97 Å². The second kappa shape index (κ2) is 6.10. The van der Waals surface area contributed by atoms with E-state index in [1.54, 1.807) is 25.3 Å². The second-order valence-electron chi connectivity index (χ2n) is 3.87. The minimum Gasteiger partial charge on any atom is -0.477 e. The van der Waals surface area contributed by atoms with Crippen LogP contribution >= 0.6 is 0 Å². The van der Waals surface area contributed by atoms with Crippen LogP contribution in [0.2, 0.25) is 0 Å². The van der Waals surface area contributed by atoms with Gasteiger partial charge in [0.25, 0.3) is 0 Å². The van der Waals surface area contributed by atoms with Crippen LogP contribution in [0.15, 0.2) is 24.3 Å². The maximum Gasteiger partial charge on any atom is 0.374 e. The van der Waals surface area contributed by atoms with Crippen molar-refractivity contribution >= 4 is 16.9 Å². The zero-order valence-corrected chi connectivity index (χ0v) is 10.5. The van der Waals surface area contributed by atoms with Crippen molar-refractivity contribution in [3.63, 3.8) is 0 Å². The molecule has 2 rings (SSSR count). The van der Waals surface area contributed by atoms with Gasteiger partial charge in [0.1, 0.15) is 0 Å². The summed E-state index contributed by atoms with van der Waals surface area (Å²) in [7, 11) is 1.61. The van der Waals surface area contributed by atoms with E-state index in [4.69, 9.17) is 14.6 Å². The Kier molecular flexibility index (Phi) is 4.25. The number of aromatic nitrogens is 2. The summed E-state index contributed by atoms with van der Waals surface area (Å²) in [6, 6.07) is 7.14. The van der Waals surface area contributed by atoms with Crippen molar-refractivity contribution in [2.45, 2.75) is 6.42 Å². The number of aromatic carboxylic acids is 1. The summed E-state index contributed by atoms with van der Waals surface area (Å²) in [5, 5.41) is 9.68. The summed E-state index contributed by atoms with van der Waals surface area (Å²) in [6.45, 7) is 0.989. The molecule has 0 aliphatic carbocycles. The summed E-state index contributed by atoms with van der Waals surface area (Å²) < 4.78 is 10.4. The Morgan fingerprint density at radius 1 is 1.26 bits per heavy atom. The van der Waals surface area contributed by atoms with Crippen molar-refractivity contribution in [3.05, 3.63) is 30.1 Å². The maximum absolute atomic E-state index is 11.0. The third-order valence-electron chi connectivity index (χ3n) is 2.49. The van der Waals surface area contributed by atoms with Crippen molar-refractivity contribution in [1.82, 2.24) is 9.97 Å². The predicted octanol–water partition coefficient (Wildman–Crippen LogP) is 1.74. The topological polar surface area (TPSA) is 81.5 Å². The number of carboxylic acid groups (broad SMARTS) is 1. The fourth-order valence-electron chi connectivity index (χ4n) is 1.63. The highest BCUT2D eigenvalue weighted by Gasteiger charge is 2.13. The number of ether oxygens (including phenoxy) is 2. The predicted molar refractivity (Wildman–Crippen MR) is 68.5 cm³/mol. The van der Waals surface area contributed by atoms with E-state index >= 15 is 0 Å². The molecule has 0 unspecified atom stereocenters. The lowest BCUT2D eigenvalue weighted by Crippen LogP contribution is -2.08. The average Bonchev–Trinajstić information content (AvgIpc) is 2.43. The van der Waals surface area contributed by atoms with Gasteiger partial charge in [0.2, 0.25) is 11.7 Å². The Bertz CT molecular complexity index is 586. The van der Waals surface area contributed by atoms with Gasteiger partial charge < -0.3 is 14.6 Å². The first-order valence-electron chi connectivity index (χ1n) is 5.84. The summed E-state index contributed by atoms with van der Waals surface area (Å²) in [5.41, 5.74) is 0.552. The Hall–Kier alpha value is -2.21. The number of carbonyl (C=O) groups is 1. The highest BCUT2D eigenvalue weighted by molar-refractivity contribution is 5.89. The molecule has 0 saturated heterocycles. The molecular formula is C13H14N2O4. The lowest BCUT2D eigenvalue weighted by Gasteiger charge is -2.08. The highest BCUT2D eigenvalue weighted by atomic mass is 16.5. The van der Waals surface area contributed by atoms with Gasteiger partial charge in [-0.25, -0.2) is 9.78 Å². The number of rotatable bonds is 6. The van der Waals surface area contributed by atoms with Crippen LogP contribution in [0.25, 0.3) is 10.9 Å². The first-order chi connectivity index (χ1) is 9.22. The fraction of sp³-hybridized carbons (Fsp3) is 0.308. The minimum atomic E-state index is -1.17. The van der Waals surface area contributed by atoms with Crippen LogP contribution in [-0.2, 0) is 4.74 Å². The number of benzene rings is 1. The fourth-order valence-corrected chi connectivity index (χ4v) is 1.63. The van der Waals surface area contributed by atoms with Gasteiger partial charge in [-0.3, -0.25) is 0 Å². The molecule has 100 valence electrons. The molecule has 0 aliphatic rings. The van der Waals surface area contributed by atoms with Gasteiger partial charge in [0.15, 0.2) is 0 Å². The van der Waals surface area contributed by atoms with E-state index in [9.17, 15) is 4.79 Å². The van der Waals surface area contributed by atoms with E-state index in [0.29, 0.717) is 36.4 Å². The molecule has 1 N–H and O–H groups in total. The van der Waals surface area contributed by atoms with Crippen LogP contribution in [0.1, 0.15) is 17.0 Å². The number of methoxy groups -OCH3 is 1. The molecule has 0 bridgehead atoms. The summed E-state index contributed by atoms with van der Waals surface area (Å²) in [5.74, 6) is -1.15. The van der Waals surface area contributed by atoms with Gasteiger partial charge in [0, 0.05) is 20.1 Å². The molecule has 0 radical (unpaired) electrons. The Labute approximate surface area is 110 Å². The molecule has 0 atom stereocenters. The molecule has 0 fully saturated rings. The number of para-hydroxylation sites is 1. The van der Waals surface area contributed by atoms with Crippen LogP contribution in [0.3, 0.4) is 0 Å². The average molecular weight is 262 g/mol. The molecule has 6 heteroatoms. The Balaban J connectivity index is 2.31. The lowest BCUT2D eigenvalue weighted by molar-refractivity contribution is 0.0682. The van der Waals surface area contributed by atoms with E-state index in [1.807, 2.05) is 6.07 Å². The molecule has 0 spiro atoms. The second-order valence-corrected chi connectivity index (χ2v) is 3.87. The number of hydrogen-bond acceptors (Lipinski definition) is 5. The lowest BCUT2D eigenvalue weighted by atomic mass is 10.2. The van der Waals surface area contributed by atoms with Gasteiger partial charge in [-0.1, -0.05) is 12.1 Å². The molecule has 0 aliphatic heterocycles. The zero-order valence-electron chi connectivity index (χ0n) is 10.5. The zero-order chi connectivity index (χ0) is 13.7. The molecule has 2 aromatic rings. The van der Waals surface area contributed by atoms with Crippen molar-refractivity contribution in [1.29, 1.82) is 0 Å². The number of nitrogens with zero attached hydrogens (tertiary/aromatic N) is 2. The van der Waals surface area contributed by atoms with Crippen LogP contribution < -0.4 is 4.74 Å². The normalized spacial score (nSPS) is 10.6. The third kappa shape index (κ3) is 3.17. The van der Waals surface area contributed by atoms with E-state index < -0.39 is 5.97 Å². The minimum absolute atomic E-state index is 0.263. The molecule has 19 heavy (non-hydrogen) atoms. The highest BCUT2D eigenvalue weighted by Crippen LogP contribution is 2.22. The maximum atomic E-state index is 11.0. The first kappa shape index (κ1) is 13.2. The van der Waals surface area contributed by atoms with Crippen LogP contribution in [0, 0.1) is 0 Å². The van der Waals surface area contributed by atoms with E-state index in [-0.39, 0.29) is 5.82 Å².